The second-order valence-electron chi connectivity index (χ2n) is 3.28. The maximum atomic E-state index is 10.8. The summed E-state index contributed by atoms with van der Waals surface area (Å²) < 4.78 is 0. The molecule has 17 heavy (non-hydrogen) atoms. The van der Waals surface area contributed by atoms with E-state index in [-0.39, 0.29) is 5.69 Å². The minimum Gasteiger partial charge on any atom is -0.476 e. The van der Waals surface area contributed by atoms with Gasteiger partial charge in [0.15, 0.2) is 5.69 Å². The molecule has 0 saturated carbocycles. The van der Waals surface area contributed by atoms with Crippen molar-refractivity contribution in [3.05, 3.63) is 46.1 Å². The molecule has 1 aromatic carbocycles. The van der Waals surface area contributed by atoms with Gasteiger partial charge in [-0.3, -0.25) is 0 Å². The Bertz CT molecular complexity index is 542. The van der Waals surface area contributed by atoms with Crippen LogP contribution in [0.25, 0.3) is 0 Å². The van der Waals surface area contributed by atoms with Crippen LogP contribution in [0, 0.1) is 0 Å². The number of benzene rings is 1. The molecule has 0 aliphatic rings. The molecule has 1 heterocycles. The number of rotatable bonds is 4. The summed E-state index contributed by atoms with van der Waals surface area (Å²) in [6, 6.07) is 7.41. The maximum Gasteiger partial charge on any atom is 0.357 e. The van der Waals surface area contributed by atoms with Crippen molar-refractivity contribution in [1.82, 2.24) is 4.98 Å². The number of anilines is 1. The van der Waals surface area contributed by atoms with Crippen molar-refractivity contribution in [2.45, 2.75) is 6.54 Å². The van der Waals surface area contributed by atoms with E-state index in [0.717, 1.165) is 5.56 Å². The Balaban J connectivity index is 2.10. The molecular weight excluding hydrogens is 260 g/mol. The molecule has 0 fully saturated rings. The monoisotopic (exact) mass is 268 g/mol. The Kier molecular flexibility index (Phi) is 3.61. The average molecular weight is 269 g/mol. The van der Waals surface area contributed by atoms with Crippen LogP contribution in [-0.2, 0) is 6.54 Å². The van der Waals surface area contributed by atoms with Gasteiger partial charge in [-0.1, -0.05) is 29.8 Å². The highest BCUT2D eigenvalue weighted by atomic mass is 35.5. The lowest BCUT2D eigenvalue weighted by molar-refractivity contribution is 0.0692. The van der Waals surface area contributed by atoms with Gasteiger partial charge in [0.25, 0.3) is 0 Å². The third-order valence-corrected chi connectivity index (χ3v) is 3.32. The van der Waals surface area contributed by atoms with Crippen molar-refractivity contribution >= 4 is 33.9 Å². The zero-order valence-corrected chi connectivity index (χ0v) is 10.3. The number of halogens is 1. The molecule has 88 valence electrons. The summed E-state index contributed by atoms with van der Waals surface area (Å²) in [7, 11) is 0. The molecule has 0 saturated heterocycles. The van der Waals surface area contributed by atoms with Crippen LogP contribution in [0.3, 0.4) is 0 Å². The van der Waals surface area contributed by atoms with Crippen molar-refractivity contribution in [3.63, 3.8) is 0 Å². The third-order valence-electron chi connectivity index (χ3n) is 2.17. The predicted octanol–water partition coefficient (Wildman–Crippen LogP) is 3.11. The number of hydrogen-bond acceptors (Lipinski definition) is 4. The van der Waals surface area contributed by atoms with Crippen LogP contribution in [0.15, 0.2) is 29.8 Å². The van der Waals surface area contributed by atoms with Crippen molar-refractivity contribution in [2.75, 3.05) is 5.32 Å². The molecule has 0 aliphatic carbocycles. The lowest BCUT2D eigenvalue weighted by Crippen LogP contribution is -2.04. The van der Waals surface area contributed by atoms with E-state index in [1.54, 1.807) is 6.07 Å². The van der Waals surface area contributed by atoms with E-state index in [4.69, 9.17) is 16.7 Å². The highest BCUT2D eigenvalue weighted by Crippen LogP contribution is 2.22. The summed E-state index contributed by atoms with van der Waals surface area (Å²) in [5.41, 5.74) is 2.46. The van der Waals surface area contributed by atoms with Gasteiger partial charge >= 0.3 is 5.97 Å². The molecule has 6 heteroatoms. The summed E-state index contributed by atoms with van der Waals surface area (Å²) in [6.07, 6.45) is 0. The van der Waals surface area contributed by atoms with Gasteiger partial charge in [0.2, 0.25) is 0 Å². The Morgan fingerprint density at radius 2 is 2.24 bits per heavy atom. The van der Waals surface area contributed by atoms with Gasteiger partial charge in [-0.05, 0) is 11.6 Å². The Morgan fingerprint density at radius 3 is 2.94 bits per heavy atom. The molecular formula is C11H9ClN2O2S. The van der Waals surface area contributed by atoms with Crippen LogP contribution in [0.4, 0.5) is 5.00 Å². The molecule has 0 atom stereocenters. The minimum atomic E-state index is -1.03. The van der Waals surface area contributed by atoms with E-state index in [0.29, 0.717) is 16.6 Å². The van der Waals surface area contributed by atoms with Gasteiger partial charge in [-0.15, -0.1) is 11.3 Å². The van der Waals surface area contributed by atoms with Gasteiger partial charge in [0.05, 0.1) is 5.51 Å². The fraction of sp³-hybridized carbons (Fsp3) is 0.0909. The first kappa shape index (κ1) is 11.9. The number of aromatic carboxylic acids is 1. The van der Waals surface area contributed by atoms with Crippen molar-refractivity contribution in [1.29, 1.82) is 0 Å². The predicted molar refractivity (Wildman–Crippen MR) is 67.9 cm³/mol. The largest absolute Gasteiger partial charge is 0.476 e. The molecule has 2 aromatic rings. The van der Waals surface area contributed by atoms with E-state index in [2.05, 4.69) is 10.3 Å². The Morgan fingerprint density at radius 1 is 1.47 bits per heavy atom. The quantitative estimate of drug-likeness (QED) is 0.894. The summed E-state index contributed by atoms with van der Waals surface area (Å²) in [5.74, 6) is -1.03. The summed E-state index contributed by atoms with van der Waals surface area (Å²) in [5, 5.41) is 13.1. The van der Waals surface area contributed by atoms with Crippen molar-refractivity contribution in [2.24, 2.45) is 0 Å². The minimum absolute atomic E-state index is 0.0436. The normalized spacial score (nSPS) is 10.2. The van der Waals surface area contributed by atoms with E-state index in [1.165, 1.54) is 16.8 Å². The summed E-state index contributed by atoms with van der Waals surface area (Å²) in [4.78, 5) is 14.6. The number of carboxylic acid groups (broad SMARTS) is 1. The summed E-state index contributed by atoms with van der Waals surface area (Å²) in [6.45, 7) is 0.474. The van der Waals surface area contributed by atoms with Gasteiger partial charge < -0.3 is 10.4 Å². The van der Waals surface area contributed by atoms with E-state index >= 15 is 0 Å². The molecule has 2 N–H and O–H groups in total. The molecule has 1 aromatic heterocycles. The molecule has 0 aliphatic heterocycles. The molecule has 2 rings (SSSR count). The fourth-order valence-corrected chi connectivity index (χ4v) is 2.21. The number of carboxylic acids is 1. The van der Waals surface area contributed by atoms with Crippen molar-refractivity contribution in [3.8, 4) is 0 Å². The van der Waals surface area contributed by atoms with E-state index in [1.807, 2.05) is 18.2 Å². The first-order valence-corrected chi connectivity index (χ1v) is 6.08. The number of carbonyl (C=O) groups is 1. The van der Waals surface area contributed by atoms with Crippen LogP contribution in [0.2, 0.25) is 5.02 Å². The highest BCUT2D eigenvalue weighted by molar-refractivity contribution is 7.14. The highest BCUT2D eigenvalue weighted by Gasteiger charge is 2.13. The van der Waals surface area contributed by atoms with Crippen LogP contribution >= 0.6 is 22.9 Å². The lowest BCUT2D eigenvalue weighted by atomic mass is 10.2. The number of nitrogens with zero attached hydrogens (tertiary/aromatic N) is 1. The maximum absolute atomic E-state index is 10.8. The van der Waals surface area contributed by atoms with Crippen LogP contribution < -0.4 is 5.32 Å². The van der Waals surface area contributed by atoms with Gasteiger partial charge in [0.1, 0.15) is 5.00 Å². The fourth-order valence-electron chi connectivity index (χ4n) is 1.34. The van der Waals surface area contributed by atoms with Crippen molar-refractivity contribution < 1.29 is 9.90 Å². The van der Waals surface area contributed by atoms with E-state index < -0.39 is 5.97 Å². The van der Waals surface area contributed by atoms with Crippen LogP contribution in [0.5, 0.6) is 0 Å². The Hall–Kier alpha value is -1.59. The summed E-state index contributed by atoms with van der Waals surface area (Å²) >= 11 is 7.26. The lowest BCUT2D eigenvalue weighted by Gasteiger charge is -2.06. The van der Waals surface area contributed by atoms with Crippen LogP contribution in [-0.4, -0.2) is 16.1 Å². The van der Waals surface area contributed by atoms with Crippen LogP contribution in [0.1, 0.15) is 16.1 Å². The number of thiazole rings is 1. The second-order valence-corrected chi connectivity index (χ2v) is 4.54. The standard InChI is InChI=1S/C11H9ClN2O2S/c12-8-4-2-1-3-7(8)5-13-10-9(11(15)16)14-6-17-10/h1-4,6,13H,5H2,(H,15,16). The zero-order valence-electron chi connectivity index (χ0n) is 8.68. The first-order chi connectivity index (χ1) is 8.18. The van der Waals surface area contributed by atoms with Gasteiger partial charge in [0, 0.05) is 11.6 Å². The molecule has 0 amide bonds. The zero-order chi connectivity index (χ0) is 12.3. The Labute approximate surface area is 107 Å². The topological polar surface area (TPSA) is 62.2 Å². The SMILES string of the molecule is O=C(O)c1ncsc1NCc1ccccc1Cl. The molecule has 0 radical (unpaired) electrons. The smallest absolute Gasteiger partial charge is 0.357 e. The first-order valence-electron chi connectivity index (χ1n) is 4.82. The number of aromatic nitrogens is 1. The second kappa shape index (κ2) is 5.16. The van der Waals surface area contributed by atoms with Gasteiger partial charge in [-0.2, -0.15) is 0 Å². The molecule has 0 bridgehead atoms. The number of hydrogen-bond donors (Lipinski definition) is 2. The molecule has 4 nitrogen and oxygen atoms in total. The number of nitrogens with one attached hydrogen (secondary N) is 1. The molecule has 0 spiro atoms. The average Bonchev–Trinajstić information content (AvgIpc) is 2.76. The van der Waals surface area contributed by atoms with Gasteiger partial charge in [-0.25, -0.2) is 9.78 Å². The van der Waals surface area contributed by atoms with E-state index in [9.17, 15) is 4.79 Å². The third kappa shape index (κ3) is 2.75. The molecule has 0 unspecified atom stereocenters.